The van der Waals surface area contributed by atoms with Gasteiger partial charge in [-0.25, -0.2) is 0 Å². The monoisotopic (exact) mass is 372 g/mol. The summed E-state index contributed by atoms with van der Waals surface area (Å²) in [4.78, 5) is 26.8. The van der Waals surface area contributed by atoms with E-state index in [4.69, 9.17) is 4.74 Å². The summed E-state index contributed by atoms with van der Waals surface area (Å²) < 4.78 is 5.59. The molecule has 6 heteroatoms. The molecular formula is C20H24N2O3S. The van der Waals surface area contributed by atoms with Crippen molar-refractivity contribution in [3.05, 3.63) is 54.1 Å². The molecule has 138 valence electrons. The highest BCUT2D eigenvalue weighted by atomic mass is 32.2. The number of benzene rings is 2. The van der Waals surface area contributed by atoms with Crippen molar-refractivity contribution in [2.75, 3.05) is 31.8 Å². The van der Waals surface area contributed by atoms with Gasteiger partial charge in [-0.3, -0.25) is 9.59 Å². The van der Waals surface area contributed by atoms with E-state index in [1.54, 1.807) is 18.8 Å². The number of hydrogen-bond acceptors (Lipinski definition) is 4. The van der Waals surface area contributed by atoms with Crippen LogP contribution in [0.25, 0.3) is 0 Å². The predicted molar refractivity (Wildman–Crippen MR) is 106 cm³/mol. The van der Waals surface area contributed by atoms with Crippen molar-refractivity contribution in [1.82, 2.24) is 4.90 Å². The standard InChI is InChI=1S/C20H24N2O3S/c1-15-7-6-8-16(13-15)25-12-11-20(24)22(2)14-19(23)21-17-9-4-5-10-18(17)26-3/h4-10,13H,11-12,14H2,1-3H3,(H,21,23). The van der Waals surface area contributed by atoms with Crippen LogP contribution >= 0.6 is 11.8 Å². The molecule has 0 saturated carbocycles. The number of rotatable bonds is 8. The van der Waals surface area contributed by atoms with Gasteiger partial charge in [-0.05, 0) is 43.0 Å². The molecule has 0 atom stereocenters. The van der Waals surface area contributed by atoms with Gasteiger partial charge in [0.15, 0.2) is 0 Å². The largest absolute Gasteiger partial charge is 0.493 e. The molecule has 2 rings (SSSR count). The predicted octanol–water partition coefficient (Wildman–Crippen LogP) is 3.58. The Hall–Kier alpha value is -2.47. The Morgan fingerprint density at radius 3 is 2.65 bits per heavy atom. The minimum absolute atomic E-state index is 0.00595. The lowest BCUT2D eigenvalue weighted by Crippen LogP contribution is -2.35. The number of ether oxygens (including phenoxy) is 1. The van der Waals surface area contributed by atoms with Crippen LogP contribution < -0.4 is 10.1 Å². The average Bonchev–Trinajstić information content (AvgIpc) is 2.62. The second kappa shape index (κ2) is 9.87. The Balaban J connectivity index is 1.78. The third-order valence-electron chi connectivity index (χ3n) is 3.76. The number of nitrogens with one attached hydrogen (secondary N) is 1. The van der Waals surface area contributed by atoms with E-state index in [2.05, 4.69) is 5.32 Å². The molecule has 0 aromatic heterocycles. The maximum absolute atomic E-state index is 12.2. The van der Waals surface area contributed by atoms with Crippen LogP contribution in [0.4, 0.5) is 5.69 Å². The molecule has 2 aromatic carbocycles. The van der Waals surface area contributed by atoms with Gasteiger partial charge in [0.05, 0.1) is 25.3 Å². The van der Waals surface area contributed by atoms with Gasteiger partial charge in [0, 0.05) is 11.9 Å². The molecule has 0 spiro atoms. The molecule has 0 radical (unpaired) electrons. The van der Waals surface area contributed by atoms with Crippen molar-refractivity contribution in [1.29, 1.82) is 0 Å². The molecule has 0 heterocycles. The Morgan fingerprint density at radius 1 is 1.15 bits per heavy atom. The smallest absolute Gasteiger partial charge is 0.244 e. The number of hydrogen-bond donors (Lipinski definition) is 1. The fourth-order valence-corrected chi connectivity index (χ4v) is 2.95. The van der Waals surface area contributed by atoms with Crippen LogP contribution in [-0.4, -0.2) is 43.2 Å². The number of nitrogens with zero attached hydrogens (tertiary/aromatic N) is 1. The van der Waals surface area contributed by atoms with E-state index >= 15 is 0 Å². The van der Waals surface area contributed by atoms with Crippen LogP contribution in [0, 0.1) is 6.92 Å². The number of likely N-dealkylation sites (N-methyl/N-ethyl adjacent to an activating group) is 1. The fraction of sp³-hybridized carbons (Fsp3) is 0.300. The van der Waals surface area contributed by atoms with E-state index in [1.165, 1.54) is 4.90 Å². The maximum atomic E-state index is 12.2. The maximum Gasteiger partial charge on any atom is 0.244 e. The summed E-state index contributed by atoms with van der Waals surface area (Å²) in [5, 5.41) is 2.85. The van der Waals surface area contributed by atoms with Crippen LogP contribution in [0.5, 0.6) is 5.75 Å². The highest BCUT2D eigenvalue weighted by Gasteiger charge is 2.14. The van der Waals surface area contributed by atoms with Gasteiger partial charge in [-0.15, -0.1) is 11.8 Å². The first kappa shape index (κ1) is 19.8. The summed E-state index contributed by atoms with van der Waals surface area (Å²) in [5.41, 5.74) is 1.86. The lowest BCUT2D eigenvalue weighted by atomic mass is 10.2. The highest BCUT2D eigenvalue weighted by Crippen LogP contribution is 2.24. The van der Waals surface area contributed by atoms with Gasteiger partial charge in [0.2, 0.25) is 11.8 Å². The van der Waals surface area contributed by atoms with Crippen molar-refractivity contribution in [3.63, 3.8) is 0 Å². The van der Waals surface area contributed by atoms with Crippen LogP contribution in [0.3, 0.4) is 0 Å². The van der Waals surface area contributed by atoms with Gasteiger partial charge in [-0.1, -0.05) is 24.3 Å². The summed E-state index contributed by atoms with van der Waals surface area (Å²) in [6, 6.07) is 15.3. The van der Waals surface area contributed by atoms with Gasteiger partial charge >= 0.3 is 0 Å². The third kappa shape index (κ3) is 6.11. The molecule has 0 aliphatic rings. The van der Waals surface area contributed by atoms with E-state index < -0.39 is 0 Å². The summed E-state index contributed by atoms with van der Waals surface area (Å²) in [7, 11) is 1.62. The Kier molecular flexibility index (Phi) is 7.53. The minimum atomic E-state index is -0.220. The van der Waals surface area contributed by atoms with Gasteiger partial charge in [-0.2, -0.15) is 0 Å². The van der Waals surface area contributed by atoms with Gasteiger partial charge in [0.1, 0.15) is 5.75 Å². The third-order valence-corrected chi connectivity index (χ3v) is 4.56. The average molecular weight is 372 g/mol. The fourth-order valence-electron chi connectivity index (χ4n) is 2.39. The number of carbonyl (C=O) groups excluding carboxylic acids is 2. The molecule has 2 amide bonds. The quantitative estimate of drug-likeness (QED) is 0.720. The zero-order valence-corrected chi connectivity index (χ0v) is 16.1. The molecule has 2 aromatic rings. The zero-order chi connectivity index (χ0) is 18.9. The first-order valence-corrected chi connectivity index (χ1v) is 9.58. The van der Waals surface area contributed by atoms with Crippen molar-refractivity contribution >= 4 is 29.3 Å². The second-order valence-electron chi connectivity index (χ2n) is 5.91. The van der Waals surface area contributed by atoms with E-state index in [1.807, 2.05) is 61.7 Å². The SMILES string of the molecule is CSc1ccccc1NC(=O)CN(C)C(=O)CCOc1cccc(C)c1. The number of thioether (sulfide) groups is 1. The number of para-hydroxylation sites is 1. The molecule has 1 N–H and O–H groups in total. The summed E-state index contributed by atoms with van der Waals surface area (Å²) >= 11 is 1.56. The zero-order valence-electron chi connectivity index (χ0n) is 15.3. The molecule has 0 bridgehead atoms. The molecule has 0 aliphatic heterocycles. The van der Waals surface area contributed by atoms with Crippen molar-refractivity contribution in [2.45, 2.75) is 18.2 Å². The van der Waals surface area contributed by atoms with Crippen LogP contribution in [0.15, 0.2) is 53.4 Å². The number of anilines is 1. The van der Waals surface area contributed by atoms with Gasteiger partial charge in [0.25, 0.3) is 0 Å². The molecule has 0 aliphatic carbocycles. The molecule has 0 saturated heterocycles. The lowest BCUT2D eigenvalue weighted by molar-refractivity contribution is -0.133. The summed E-state index contributed by atoms with van der Waals surface area (Å²) in [6.45, 7) is 2.27. The summed E-state index contributed by atoms with van der Waals surface area (Å²) in [5.74, 6) is 0.389. The Morgan fingerprint density at radius 2 is 1.92 bits per heavy atom. The first-order valence-electron chi connectivity index (χ1n) is 8.36. The summed E-state index contributed by atoms with van der Waals surface area (Å²) in [6.07, 6.45) is 2.17. The van der Waals surface area contributed by atoms with E-state index in [-0.39, 0.29) is 31.4 Å². The van der Waals surface area contributed by atoms with E-state index in [0.717, 1.165) is 21.9 Å². The molecule has 26 heavy (non-hydrogen) atoms. The molecule has 0 unspecified atom stereocenters. The van der Waals surface area contributed by atoms with E-state index in [0.29, 0.717) is 0 Å². The van der Waals surface area contributed by atoms with E-state index in [9.17, 15) is 9.59 Å². The van der Waals surface area contributed by atoms with Gasteiger partial charge < -0.3 is 15.0 Å². The second-order valence-corrected chi connectivity index (χ2v) is 6.76. The molecule has 0 fully saturated rings. The Labute approximate surface area is 158 Å². The van der Waals surface area contributed by atoms with Crippen molar-refractivity contribution in [2.24, 2.45) is 0 Å². The first-order chi connectivity index (χ1) is 12.5. The number of carbonyl (C=O) groups is 2. The number of aryl methyl sites for hydroxylation is 1. The topological polar surface area (TPSA) is 58.6 Å². The lowest BCUT2D eigenvalue weighted by Gasteiger charge is -2.17. The molecule has 5 nitrogen and oxygen atoms in total. The van der Waals surface area contributed by atoms with Crippen molar-refractivity contribution < 1.29 is 14.3 Å². The van der Waals surface area contributed by atoms with Crippen LogP contribution in [-0.2, 0) is 9.59 Å². The Bertz CT molecular complexity index is 764. The van der Waals surface area contributed by atoms with Crippen LogP contribution in [0.2, 0.25) is 0 Å². The number of amides is 2. The van der Waals surface area contributed by atoms with Crippen molar-refractivity contribution in [3.8, 4) is 5.75 Å². The highest BCUT2D eigenvalue weighted by molar-refractivity contribution is 7.98. The minimum Gasteiger partial charge on any atom is -0.493 e. The van der Waals surface area contributed by atoms with Crippen LogP contribution in [0.1, 0.15) is 12.0 Å². The normalized spacial score (nSPS) is 10.3. The molecular weight excluding hydrogens is 348 g/mol.